The third-order valence-electron chi connectivity index (χ3n) is 7.65. The molecule has 11 heteroatoms. The van der Waals surface area contributed by atoms with Crippen LogP contribution >= 0.6 is 0 Å². The van der Waals surface area contributed by atoms with E-state index in [1.165, 1.54) is 4.90 Å². The standard InChI is InChI=1S/C30H36F2N4O5/c31-30(32)13-11-21(12-14-30)9-10-26(37)36-16-17-41-20-25(36)28(39)35-24(18-22-6-2-1-3-7-22)27(38)29(40)34-19-23-8-4-5-15-33-23/h1-8,15,21,24-25H,9-14,16-20H2,(H,34,40)(H,35,39)/t24-,25-/m1/s1. The van der Waals surface area contributed by atoms with E-state index < -0.39 is 35.6 Å². The van der Waals surface area contributed by atoms with Crippen LogP contribution in [0.1, 0.15) is 49.8 Å². The van der Waals surface area contributed by atoms with Crippen LogP contribution in [0.25, 0.3) is 0 Å². The molecule has 3 amide bonds. The van der Waals surface area contributed by atoms with Gasteiger partial charge in [-0.25, -0.2) is 8.78 Å². The number of alkyl halides is 2. The highest BCUT2D eigenvalue weighted by Gasteiger charge is 2.38. The van der Waals surface area contributed by atoms with E-state index in [4.69, 9.17) is 4.74 Å². The summed E-state index contributed by atoms with van der Waals surface area (Å²) in [5, 5.41) is 5.25. The summed E-state index contributed by atoms with van der Waals surface area (Å²) in [6.07, 6.45) is 2.69. The first-order chi connectivity index (χ1) is 19.7. The summed E-state index contributed by atoms with van der Waals surface area (Å²) in [4.78, 5) is 58.1. The van der Waals surface area contributed by atoms with E-state index in [1.807, 2.05) is 6.07 Å². The summed E-state index contributed by atoms with van der Waals surface area (Å²) in [6, 6.07) is 12.1. The number of Topliss-reactive ketones (excluding diaryl/α,β-unsaturated/α-hetero) is 1. The van der Waals surface area contributed by atoms with E-state index in [0.29, 0.717) is 25.0 Å². The van der Waals surface area contributed by atoms with Crippen molar-refractivity contribution < 1.29 is 32.7 Å². The second-order valence-electron chi connectivity index (χ2n) is 10.6. The van der Waals surface area contributed by atoms with Crippen molar-refractivity contribution in [3.05, 3.63) is 66.0 Å². The molecule has 0 bridgehead atoms. The van der Waals surface area contributed by atoms with Crippen molar-refractivity contribution in [2.45, 2.75) is 69.5 Å². The lowest BCUT2D eigenvalue weighted by Gasteiger charge is -2.36. The van der Waals surface area contributed by atoms with E-state index in [1.54, 1.807) is 48.7 Å². The van der Waals surface area contributed by atoms with Gasteiger partial charge in [-0.05, 0) is 42.9 Å². The Morgan fingerprint density at radius 2 is 1.78 bits per heavy atom. The molecular formula is C30H36F2N4O5. The first kappa shape index (κ1) is 30.2. The fraction of sp³-hybridized carbons (Fsp3) is 0.500. The molecule has 1 aliphatic carbocycles. The second kappa shape index (κ2) is 14.2. The number of benzene rings is 1. The van der Waals surface area contributed by atoms with Crippen molar-refractivity contribution in [1.82, 2.24) is 20.5 Å². The van der Waals surface area contributed by atoms with Gasteiger partial charge in [-0.3, -0.25) is 24.2 Å². The van der Waals surface area contributed by atoms with Crippen molar-refractivity contribution in [2.24, 2.45) is 5.92 Å². The minimum absolute atomic E-state index is 0.0457. The predicted molar refractivity (Wildman–Crippen MR) is 146 cm³/mol. The SMILES string of the molecule is O=C(NCc1ccccn1)C(=O)[C@@H](Cc1ccccc1)NC(=O)[C@H]1COCCN1C(=O)CCC1CCC(F)(F)CC1. The highest BCUT2D eigenvalue weighted by Crippen LogP contribution is 2.38. The number of morpholine rings is 1. The Hall–Kier alpha value is -3.73. The Kier molecular flexibility index (Phi) is 10.5. The van der Waals surface area contributed by atoms with Gasteiger partial charge in [0.1, 0.15) is 12.1 Å². The molecule has 1 saturated carbocycles. The Balaban J connectivity index is 1.39. The minimum atomic E-state index is -2.63. The number of pyridine rings is 1. The Morgan fingerprint density at radius 3 is 2.49 bits per heavy atom. The van der Waals surface area contributed by atoms with Gasteiger partial charge in [0, 0.05) is 38.4 Å². The lowest BCUT2D eigenvalue weighted by molar-refractivity contribution is -0.150. The zero-order valence-corrected chi connectivity index (χ0v) is 22.9. The molecule has 9 nitrogen and oxygen atoms in total. The molecule has 1 saturated heterocycles. The molecule has 2 aliphatic rings. The zero-order chi connectivity index (χ0) is 29.2. The molecule has 4 rings (SSSR count). The number of amides is 3. The number of halogens is 2. The maximum atomic E-state index is 13.5. The average molecular weight is 571 g/mol. The molecule has 0 spiro atoms. The van der Waals surface area contributed by atoms with E-state index in [0.717, 1.165) is 5.56 Å². The molecule has 0 radical (unpaired) electrons. The molecule has 2 heterocycles. The van der Waals surface area contributed by atoms with Crippen molar-refractivity contribution in [1.29, 1.82) is 0 Å². The number of aromatic nitrogens is 1. The molecule has 220 valence electrons. The molecule has 2 N–H and O–H groups in total. The summed E-state index contributed by atoms with van der Waals surface area (Å²) < 4.78 is 32.5. The Labute approximate surface area is 238 Å². The monoisotopic (exact) mass is 570 g/mol. The molecule has 1 aromatic carbocycles. The fourth-order valence-corrected chi connectivity index (χ4v) is 5.23. The van der Waals surface area contributed by atoms with Crippen LogP contribution < -0.4 is 10.6 Å². The number of hydrogen-bond acceptors (Lipinski definition) is 6. The van der Waals surface area contributed by atoms with Crippen molar-refractivity contribution >= 4 is 23.5 Å². The summed E-state index contributed by atoms with van der Waals surface area (Å²) >= 11 is 0. The van der Waals surface area contributed by atoms with Crippen LogP contribution in [0.15, 0.2) is 54.7 Å². The van der Waals surface area contributed by atoms with Gasteiger partial charge in [0.25, 0.3) is 5.91 Å². The predicted octanol–water partition coefficient (Wildman–Crippen LogP) is 2.83. The van der Waals surface area contributed by atoms with E-state index in [9.17, 15) is 28.0 Å². The fourth-order valence-electron chi connectivity index (χ4n) is 5.23. The summed E-state index contributed by atoms with van der Waals surface area (Å²) in [5.74, 6) is -5.11. The van der Waals surface area contributed by atoms with Gasteiger partial charge in [0.05, 0.1) is 25.5 Å². The van der Waals surface area contributed by atoms with Crippen LogP contribution in [0.2, 0.25) is 0 Å². The third-order valence-corrected chi connectivity index (χ3v) is 7.65. The number of carbonyl (C=O) groups excluding carboxylic acids is 4. The lowest BCUT2D eigenvalue weighted by Crippen LogP contribution is -2.59. The lowest BCUT2D eigenvalue weighted by atomic mass is 9.84. The van der Waals surface area contributed by atoms with Gasteiger partial charge in [0.2, 0.25) is 23.5 Å². The van der Waals surface area contributed by atoms with E-state index >= 15 is 0 Å². The quantitative estimate of drug-likeness (QED) is 0.402. The first-order valence-corrected chi connectivity index (χ1v) is 14.0. The Morgan fingerprint density at radius 1 is 1.05 bits per heavy atom. The van der Waals surface area contributed by atoms with Gasteiger partial charge in [-0.2, -0.15) is 0 Å². The highest BCUT2D eigenvalue weighted by atomic mass is 19.3. The number of carbonyl (C=O) groups is 4. The number of nitrogens with zero attached hydrogens (tertiary/aromatic N) is 2. The molecule has 1 aromatic heterocycles. The number of nitrogens with one attached hydrogen (secondary N) is 2. The maximum absolute atomic E-state index is 13.5. The van der Waals surface area contributed by atoms with E-state index in [-0.39, 0.29) is 63.8 Å². The number of rotatable bonds is 11. The maximum Gasteiger partial charge on any atom is 0.289 e. The van der Waals surface area contributed by atoms with E-state index in [2.05, 4.69) is 15.6 Å². The van der Waals surface area contributed by atoms with Crippen LogP contribution in [-0.4, -0.2) is 71.2 Å². The molecule has 0 unspecified atom stereocenters. The zero-order valence-electron chi connectivity index (χ0n) is 22.9. The Bertz CT molecular complexity index is 1190. The van der Waals surface area contributed by atoms with Gasteiger partial charge < -0.3 is 20.3 Å². The molecular weight excluding hydrogens is 534 g/mol. The number of hydrogen-bond donors (Lipinski definition) is 2. The van der Waals surface area contributed by atoms with Gasteiger partial charge in [0.15, 0.2) is 0 Å². The van der Waals surface area contributed by atoms with Gasteiger partial charge >= 0.3 is 0 Å². The van der Waals surface area contributed by atoms with Gasteiger partial charge in [-0.1, -0.05) is 36.4 Å². The molecule has 1 aliphatic heterocycles. The van der Waals surface area contributed by atoms with Gasteiger partial charge in [-0.15, -0.1) is 0 Å². The molecule has 2 fully saturated rings. The first-order valence-electron chi connectivity index (χ1n) is 14.0. The van der Waals surface area contributed by atoms with Crippen LogP contribution in [-0.2, 0) is 36.9 Å². The highest BCUT2D eigenvalue weighted by molar-refractivity contribution is 6.38. The summed E-state index contributed by atoms with van der Waals surface area (Å²) in [5.41, 5.74) is 1.32. The van der Waals surface area contributed by atoms with Crippen molar-refractivity contribution in [2.75, 3.05) is 19.8 Å². The van der Waals surface area contributed by atoms with Crippen molar-refractivity contribution in [3.63, 3.8) is 0 Å². The average Bonchev–Trinajstić information content (AvgIpc) is 2.99. The van der Waals surface area contributed by atoms with Crippen molar-refractivity contribution in [3.8, 4) is 0 Å². The van der Waals surface area contributed by atoms with Crippen LogP contribution in [0.5, 0.6) is 0 Å². The van der Waals surface area contributed by atoms with Crippen LogP contribution in [0.3, 0.4) is 0 Å². The van der Waals surface area contributed by atoms with Crippen LogP contribution in [0.4, 0.5) is 8.78 Å². The molecule has 2 atom stereocenters. The normalized spacial score (nSPS) is 19.7. The largest absolute Gasteiger partial charge is 0.377 e. The topological polar surface area (TPSA) is 118 Å². The minimum Gasteiger partial charge on any atom is -0.377 e. The number of ether oxygens (including phenoxy) is 1. The molecule has 41 heavy (non-hydrogen) atoms. The molecule has 2 aromatic rings. The van der Waals surface area contributed by atoms with Crippen LogP contribution in [0, 0.1) is 5.92 Å². The smallest absolute Gasteiger partial charge is 0.289 e. The second-order valence-corrected chi connectivity index (χ2v) is 10.6. The summed E-state index contributed by atoms with van der Waals surface area (Å²) in [6.45, 7) is 0.454. The number of ketones is 1. The third kappa shape index (κ3) is 8.88. The summed E-state index contributed by atoms with van der Waals surface area (Å²) in [7, 11) is 0.